The van der Waals surface area contributed by atoms with Crippen molar-refractivity contribution in [2.24, 2.45) is 0 Å². The molecule has 1 aliphatic rings. The van der Waals surface area contributed by atoms with Crippen molar-refractivity contribution in [2.45, 2.75) is 19.0 Å². The molecule has 1 atom stereocenters. The molecule has 0 radical (unpaired) electrons. The number of hydrogen-bond donors (Lipinski definition) is 0. The van der Waals surface area contributed by atoms with Crippen LogP contribution in [0.15, 0.2) is 95.4 Å². The Morgan fingerprint density at radius 2 is 1.67 bits per heavy atom. The Morgan fingerprint density at radius 1 is 0.953 bits per heavy atom. The number of aromatic nitrogens is 1. The van der Waals surface area contributed by atoms with Crippen molar-refractivity contribution >= 4 is 46.1 Å². The minimum absolute atomic E-state index is 0.0149. The van der Waals surface area contributed by atoms with Crippen LogP contribution in [0.4, 0.5) is 5.69 Å². The summed E-state index contributed by atoms with van der Waals surface area (Å²) in [4.78, 5) is 48.2. The molecule has 4 aromatic carbocycles. The third-order valence-corrected chi connectivity index (χ3v) is 7.72. The first kappa shape index (κ1) is 28.0. The largest absolute Gasteiger partial charge is 0.493 e. The Kier molecular flexibility index (Phi) is 7.56. The summed E-state index contributed by atoms with van der Waals surface area (Å²) < 4.78 is 16.5. The lowest BCUT2D eigenvalue weighted by atomic mass is 10.1. The molecule has 1 unspecified atom stereocenters. The van der Waals surface area contributed by atoms with Gasteiger partial charge in [0.2, 0.25) is 11.8 Å². The maximum absolute atomic E-state index is 14.0. The molecule has 3 amide bonds. The van der Waals surface area contributed by atoms with Crippen LogP contribution in [0.5, 0.6) is 11.5 Å². The fourth-order valence-electron chi connectivity index (χ4n) is 5.15. The summed E-state index contributed by atoms with van der Waals surface area (Å²) in [7, 11) is 2.97. The van der Waals surface area contributed by atoms with Gasteiger partial charge < -0.3 is 18.8 Å². The second-order valence-corrected chi connectivity index (χ2v) is 10.3. The van der Waals surface area contributed by atoms with Crippen molar-refractivity contribution in [3.8, 4) is 23.0 Å². The third-order valence-electron chi connectivity index (χ3n) is 7.36. The molecular formula is C33H26ClN3O6. The van der Waals surface area contributed by atoms with Gasteiger partial charge in [-0.15, -0.1) is 0 Å². The Bertz CT molecular complexity index is 1820. The summed E-state index contributed by atoms with van der Waals surface area (Å²) in [5.41, 5.74) is 3.37. The van der Waals surface area contributed by atoms with E-state index in [0.717, 1.165) is 10.4 Å². The van der Waals surface area contributed by atoms with Crippen LogP contribution in [-0.4, -0.2) is 47.9 Å². The second-order valence-electron chi connectivity index (χ2n) is 9.92. The van der Waals surface area contributed by atoms with Crippen LogP contribution in [0.1, 0.15) is 22.3 Å². The van der Waals surface area contributed by atoms with Crippen LogP contribution in [0.3, 0.4) is 0 Å². The number of imide groups is 1. The Hall–Kier alpha value is -5.15. The van der Waals surface area contributed by atoms with Gasteiger partial charge in [0.1, 0.15) is 11.6 Å². The number of anilines is 1. The zero-order valence-corrected chi connectivity index (χ0v) is 24.1. The first-order chi connectivity index (χ1) is 20.9. The molecule has 0 bridgehead atoms. The van der Waals surface area contributed by atoms with E-state index < -0.39 is 23.8 Å². The minimum Gasteiger partial charge on any atom is -0.493 e. The second kappa shape index (κ2) is 11.6. The van der Waals surface area contributed by atoms with Gasteiger partial charge in [-0.3, -0.25) is 14.4 Å². The van der Waals surface area contributed by atoms with Crippen LogP contribution in [0.25, 0.3) is 22.6 Å². The predicted octanol–water partition coefficient (Wildman–Crippen LogP) is 6.14. The summed E-state index contributed by atoms with van der Waals surface area (Å²) in [6.07, 6.45) is -0.185. The number of rotatable bonds is 8. The van der Waals surface area contributed by atoms with Crippen molar-refractivity contribution in [3.05, 3.63) is 107 Å². The molecular weight excluding hydrogens is 570 g/mol. The van der Waals surface area contributed by atoms with E-state index in [1.807, 2.05) is 24.3 Å². The summed E-state index contributed by atoms with van der Waals surface area (Å²) in [6, 6.07) is 25.0. The fraction of sp³-hybridized carbons (Fsp3) is 0.152. The molecule has 1 saturated heterocycles. The molecule has 43 heavy (non-hydrogen) atoms. The van der Waals surface area contributed by atoms with Gasteiger partial charge in [-0.1, -0.05) is 41.9 Å². The molecule has 0 N–H and O–H groups in total. The van der Waals surface area contributed by atoms with Gasteiger partial charge in [0, 0.05) is 22.7 Å². The molecule has 10 heteroatoms. The van der Waals surface area contributed by atoms with Gasteiger partial charge >= 0.3 is 0 Å². The molecule has 0 spiro atoms. The Morgan fingerprint density at radius 3 is 2.40 bits per heavy atom. The van der Waals surface area contributed by atoms with Gasteiger partial charge in [-0.05, 0) is 66.2 Å². The quantitative estimate of drug-likeness (QED) is 0.199. The maximum Gasteiger partial charge on any atom is 0.257 e. The van der Waals surface area contributed by atoms with Crippen molar-refractivity contribution < 1.29 is 28.3 Å². The smallest absolute Gasteiger partial charge is 0.257 e. The zero-order chi connectivity index (χ0) is 30.1. The maximum atomic E-state index is 14.0. The van der Waals surface area contributed by atoms with E-state index in [-0.39, 0.29) is 18.5 Å². The molecule has 9 nitrogen and oxygen atoms in total. The third kappa shape index (κ3) is 5.30. The number of hydrogen-bond acceptors (Lipinski definition) is 7. The van der Waals surface area contributed by atoms with Crippen molar-refractivity contribution in [3.63, 3.8) is 0 Å². The van der Waals surface area contributed by atoms with Crippen molar-refractivity contribution in [2.75, 3.05) is 19.1 Å². The normalized spacial score (nSPS) is 14.8. The molecule has 2 heterocycles. The summed E-state index contributed by atoms with van der Waals surface area (Å²) in [6.45, 7) is 0.0149. The monoisotopic (exact) mass is 595 g/mol. The van der Waals surface area contributed by atoms with Gasteiger partial charge in [0.25, 0.3) is 11.8 Å². The molecule has 216 valence electrons. The van der Waals surface area contributed by atoms with E-state index in [1.54, 1.807) is 66.7 Å². The highest BCUT2D eigenvalue weighted by atomic mass is 35.5. The molecule has 6 rings (SSSR count). The lowest BCUT2D eigenvalue weighted by Crippen LogP contribution is -2.45. The lowest BCUT2D eigenvalue weighted by Gasteiger charge is -2.28. The van der Waals surface area contributed by atoms with E-state index in [9.17, 15) is 14.4 Å². The highest BCUT2D eigenvalue weighted by Crippen LogP contribution is 2.33. The molecule has 1 aromatic heterocycles. The number of carbonyl (C=O) groups is 3. The van der Waals surface area contributed by atoms with Crippen LogP contribution >= 0.6 is 11.6 Å². The standard InChI is InChI=1S/C33H26ClN3O6/c1-41-28-16-13-21(17-29(28)42-2)32(39)36(19-22-7-3-4-8-24(22)34)26-18-30(38)37(33(26)40)23-14-11-20(12-15-23)31-35-25-9-5-6-10-27(25)43-31/h3-17,26H,18-19H2,1-2H3. The number of oxazole rings is 1. The zero-order valence-electron chi connectivity index (χ0n) is 23.3. The summed E-state index contributed by atoms with van der Waals surface area (Å²) >= 11 is 6.44. The minimum atomic E-state index is -1.05. The number of carbonyl (C=O) groups excluding carboxylic acids is 3. The summed E-state index contributed by atoms with van der Waals surface area (Å²) in [5, 5.41) is 0.441. The lowest BCUT2D eigenvalue weighted by molar-refractivity contribution is -0.122. The van der Waals surface area contributed by atoms with Crippen molar-refractivity contribution in [1.82, 2.24) is 9.88 Å². The van der Waals surface area contributed by atoms with Crippen LogP contribution in [0, 0.1) is 0 Å². The van der Waals surface area contributed by atoms with E-state index >= 15 is 0 Å². The van der Waals surface area contributed by atoms with E-state index in [0.29, 0.717) is 44.8 Å². The highest BCUT2D eigenvalue weighted by molar-refractivity contribution is 6.31. The van der Waals surface area contributed by atoms with Gasteiger partial charge in [0.05, 0.1) is 26.3 Å². The first-order valence-corrected chi connectivity index (χ1v) is 13.8. The SMILES string of the molecule is COc1ccc(C(=O)N(Cc2ccccc2Cl)C2CC(=O)N(c3ccc(-c4nc5ccccc5o4)cc3)C2=O)cc1OC. The topological polar surface area (TPSA) is 102 Å². The van der Waals surface area contributed by atoms with Crippen molar-refractivity contribution in [1.29, 1.82) is 0 Å². The van der Waals surface area contributed by atoms with Crippen LogP contribution in [-0.2, 0) is 16.1 Å². The Balaban J connectivity index is 1.31. The number of methoxy groups -OCH3 is 2. The van der Waals surface area contributed by atoms with Gasteiger partial charge in [-0.25, -0.2) is 9.88 Å². The average molecular weight is 596 g/mol. The number of benzene rings is 4. The predicted molar refractivity (Wildman–Crippen MR) is 161 cm³/mol. The van der Waals surface area contributed by atoms with E-state index in [1.165, 1.54) is 19.1 Å². The fourth-order valence-corrected chi connectivity index (χ4v) is 5.34. The number of ether oxygens (including phenoxy) is 2. The number of nitrogens with zero attached hydrogens (tertiary/aromatic N) is 3. The first-order valence-electron chi connectivity index (χ1n) is 13.5. The van der Waals surface area contributed by atoms with Crippen LogP contribution < -0.4 is 14.4 Å². The number of para-hydroxylation sites is 2. The number of fused-ring (bicyclic) bond motifs is 1. The van der Waals surface area contributed by atoms with E-state index in [4.69, 9.17) is 25.5 Å². The van der Waals surface area contributed by atoms with E-state index in [2.05, 4.69) is 4.98 Å². The van der Waals surface area contributed by atoms with Gasteiger partial charge in [-0.2, -0.15) is 0 Å². The summed E-state index contributed by atoms with van der Waals surface area (Å²) in [5.74, 6) is -0.150. The molecule has 1 fully saturated rings. The molecule has 5 aromatic rings. The number of halogens is 1. The average Bonchev–Trinajstić information content (AvgIpc) is 3.60. The van der Waals surface area contributed by atoms with Gasteiger partial charge in [0.15, 0.2) is 17.1 Å². The molecule has 0 aliphatic carbocycles. The highest BCUT2D eigenvalue weighted by Gasteiger charge is 2.44. The molecule has 0 saturated carbocycles. The Labute approximate surface area is 252 Å². The molecule has 1 aliphatic heterocycles. The van der Waals surface area contributed by atoms with Crippen LogP contribution in [0.2, 0.25) is 5.02 Å². The number of amides is 3.